The number of ether oxygens (including phenoxy) is 1. The number of nitrogens with zero attached hydrogens (tertiary/aromatic N) is 2. The number of sulfonamides is 1. The molecule has 32 heavy (non-hydrogen) atoms. The highest BCUT2D eigenvalue weighted by Gasteiger charge is 2.37. The predicted octanol–water partition coefficient (Wildman–Crippen LogP) is 1.16. The van der Waals surface area contributed by atoms with Crippen LogP contribution in [0, 0.1) is 11.8 Å². The first kappa shape index (κ1) is 26.2. The number of hydrogen-bond acceptors (Lipinski definition) is 7. The van der Waals surface area contributed by atoms with Crippen LogP contribution in [0.3, 0.4) is 0 Å². The van der Waals surface area contributed by atoms with Crippen LogP contribution in [0.5, 0.6) is 5.75 Å². The molecular weight excluding hydrogens is 434 g/mol. The van der Waals surface area contributed by atoms with Gasteiger partial charge in [-0.05, 0) is 55.4 Å². The Morgan fingerprint density at radius 1 is 1.28 bits per heavy atom. The average Bonchev–Trinajstić information content (AvgIpc) is 2.78. The first-order chi connectivity index (χ1) is 15.0. The zero-order chi connectivity index (χ0) is 23.9. The SMILES string of the molecule is COc1ccc(S(=O)(=O)N(CCC(=O)N2CC[CH]CC2)C(O)CC(C)(C)C(N)C=O)cc1. The lowest BCUT2D eigenvalue weighted by Gasteiger charge is -2.35. The number of rotatable bonds is 11. The molecule has 1 aromatic carbocycles. The molecule has 0 aliphatic carbocycles. The summed E-state index contributed by atoms with van der Waals surface area (Å²) in [6, 6.07) is 4.92. The van der Waals surface area contributed by atoms with Gasteiger partial charge in [-0.25, -0.2) is 8.42 Å². The summed E-state index contributed by atoms with van der Waals surface area (Å²) in [6.07, 6.45) is 2.70. The Bertz CT molecular complexity index is 866. The van der Waals surface area contributed by atoms with Gasteiger partial charge in [0.05, 0.1) is 18.0 Å². The van der Waals surface area contributed by atoms with E-state index in [0.717, 1.165) is 17.1 Å². The van der Waals surface area contributed by atoms with Crippen molar-refractivity contribution in [1.29, 1.82) is 0 Å². The maximum atomic E-state index is 13.4. The molecule has 0 spiro atoms. The lowest BCUT2D eigenvalue weighted by molar-refractivity contribution is -0.132. The van der Waals surface area contributed by atoms with Crippen molar-refractivity contribution < 1.29 is 27.9 Å². The number of piperidine rings is 1. The van der Waals surface area contributed by atoms with Gasteiger partial charge in [0.25, 0.3) is 0 Å². The van der Waals surface area contributed by atoms with Crippen LogP contribution in [0.2, 0.25) is 0 Å². The molecule has 1 aliphatic rings. The summed E-state index contributed by atoms with van der Waals surface area (Å²) < 4.78 is 32.8. The lowest BCUT2D eigenvalue weighted by Crippen LogP contribution is -2.48. The quantitative estimate of drug-likeness (QED) is 0.368. The number of aliphatic hydroxyl groups is 1. The number of benzene rings is 1. The highest BCUT2D eigenvalue weighted by atomic mass is 32.2. The molecule has 1 fully saturated rings. The molecule has 2 rings (SSSR count). The minimum absolute atomic E-state index is 0.0325. The van der Waals surface area contributed by atoms with Crippen LogP contribution in [0.1, 0.15) is 39.5 Å². The van der Waals surface area contributed by atoms with E-state index in [9.17, 15) is 23.1 Å². The summed E-state index contributed by atoms with van der Waals surface area (Å²) in [5.74, 6) is 0.329. The summed E-state index contributed by atoms with van der Waals surface area (Å²) in [5, 5.41) is 10.9. The van der Waals surface area contributed by atoms with Crippen molar-refractivity contribution in [3.63, 3.8) is 0 Å². The van der Waals surface area contributed by atoms with Gasteiger partial charge < -0.3 is 25.3 Å². The molecule has 1 saturated heterocycles. The van der Waals surface area contributed by atoms with Gasteiger partial charge in [-0.1, -0.05) is 13.8 Å². The lowest BCUT2D eigenvalue weighted by atomic mass is 9.81. The number of hydrogen-bond donors (Lipinski definition) is 2. The van der Waals surface area contributed by atoms with E-state index >= 15 is 0 Å². The molecule has 1 aliphatic heterocycles. The minimum Gasteiger partial charge on any atom is -0.497 e. The first-order valence-electron chi connectivity index (χ1n) is 10.7. The van der Waals surface area contributed by atoms with Crippen LogP contribution in [0.15, 0.2) is 29.2 Å². The molecule has 1 heterocycles. The van der Waals surface area contributed by atoms with Gasteiger partial charge in [0, 0.05) is 26.1 Å². The van der Waals surface area contributed by atoms with E-state index in [1.54, 1.807) is 18.7 Å². The van der Waals surface area contributed by atoms with Gasteiger partial charge in [-0.3, -0.25) is 4.79 Å². The van der Waals surface area contributed by atoms with Crippen LogP contribution in [0.4, 0.5) is 0 Å². The van der Waals surface area contributed by atoms with Crippen molar-refractivity contribution in [3.05, 3.63) is 30.7 Å². The maximum absolute atomic E-state index is 13.4. The van der Waals surface area contributed by atoms with Gasteiger partial charge >= 0.3 is 0 Å². The molecular formula is C22H34N3O6S. The first-order valence-corrected chi connectivity index (χ1v) is 12.1. The largest absolute Gasteiger partial charge is 0.497 e. The molecule has 1 amide bonds. The number of nitrogens with two attached hydrogens (primary N) is 1. The Kier molecular flexibility index (Phi) is 9.20. The fourth-order valence-electron chi connectivity index (χ4n) is 3.57. The summed E-state index contributed by atoms with van der Waals surface area (Å²) in [4.78, 5) is 25.5. The van der Waals surface area contributed by atoms with Crippen LogP contribution in [-0.4, -0.2) is 73.9 Å². The van der Waals surface area contributed by atoms with Crippen molar-refractivity contribution in [2.24, 2.45) is 11.1 Å². The molecule has 3 N–H and O–H groups in total. The van der Waals surface area contributed by atoms with Crippen molar-refractivity contribution in [3.8, 4) is 5.75 Å². The molecule has 179 valence electrons. The summed E-state index contributed by atoms with van der Waals surface area (Å²) in [5.41, 5.74) is 4.99. The monoisotopic (exact) mass is 468 g/mol. The molecule has 1 aromatic rings. The Hall–Kier alpha value is -2.01. The van der Waals surface area contributed by atoms with E-state index in [4.69, 9.17) is 10.5 Å². The summed E-state index contributed by atoms with van der Waals surface area (Å²) in [6.45, 7) is 4.38. The van der Waals surface area contributed by atoms with E-state index in [1.165, 1.54) is 31.4 Å². The van der Waals surface area contributed by atoms with E-state index in [1.807, 2.05) is 0 Å². The normalized spacial score (nSPS) is 17.1. The number of carbonyl (C=O) groups is 2. The van der Waals surface area contributed by atoms with Crippen LogP contribution < -0.4 is 10.5 Å². The van der Waals surface area contributed by atoms with Gasteiger partial charge in [-0.2, -0.15) is 4.31 Å². The van der Waals surface area contributed by atoms with Crippen LogP contribution >= 0.6 is 0 Å². The third-order valence-corrected chi connectivity index (χ3v) is 7.77. The molecule has 0 bridgehead atoms. The number of aldehydes is 1. The van der Waals surface area contributed by atoms with Gasteiger partial charge in [-0.15, -0.1) is 0 Å². The van der Waals surface area contributed by atoms with Gasteiger partial charge in [0.2, 0.25) is 15.9 Å². The van der Waals surface area contributed by atoms with Crippen LogP contribution in [-0.2, 0) is 19.6 Å². The van der Waals surface area contributed by atoms with Crippen molar-refractivity contribution >= 4 is 22.2 Å². The second-order valence-electron chi connectivity index (χ2n) is 8.62. The Morgan fingerprint density at radius 3 is 2.41 bits per heavy atom. The topological polar surface area (TPSA) is 130 Å². The number of likely N-dealkylation sites (tertiary alicyclic amines) is 1. The number of carbonyl (C=O) groups excluding carboxylic acids is 2. The zero-order valence-corrected chi connectivity index (χ0v) is 19.8. The molecule has 2 unspecified atom stereocenters. The maximum Gasteiger partial charge on any atom is 0.245 e. The predicted molar refractivity (Wildman–Crippen MR) is 120 cm³/mol. The van der Waals surface area contributed by atoms with Crippen LogP contribution in [0.25, 0.3) is 0 Å². The number of methoxy groups -OCH3 is 1. The van der Waals surface area contributed by atoms with Crippen molar-refractivity contribution in [2.75, 3.05) is 26.7 Å². The number of aliphatic hydroxyl groups excluding tert-OH is 1. The molecule has 0 aromatic heterocycles. The van der Waals surface area contributed by atoms with Crippen molar-refractivity contribution in [2.45, 2.75) is 56.7 Å². The third-order valence-electron chi connectivity index (χ3n) is 5.86. The Balaban J connectivity index is 2.27. The molecule has 1 radical (unpaired) electrons. The standard InChI is InChI=1S/C22H34N3O6S/c1-22(2,19(23)16-26)15-21(28)25(14-11-20(27)24-12-5-4-6-13-24)32(29,30)18-9-7-17(31-3)8-10-18/h4,7-10,16,19,21,28H,5-6,11-15,23H2,1-3H3. The molecule has 9 nitrogen and oxygen atoms in total. The smallest absolute Gasteiger partial charge is 0.245 e. The average molecular weight is 469 g/mol. The molecule has 2 atom stereocenters. The Labute approximate surface area is 190 Å². The minimum atomic E-state index is -4.13. The van der Waals surface area contributed by atoms with E-state index in [-0.39, 0.29) is 30.2 Å². The second-order valence-corrected chi connectivity index (χ2v) is 10.5. The summed E-state index contributed by atoms with van der Waals surface area (Å²) >= 11 is 0. The van der Waals surface area contributed by atoms with E-state index < -0.39 is 27.7 Å². The molecule has 10 heteroatoms. The number of amides is 1. The van der Waals surface area contributed by atoms with E-state index in [0.29, 0.717) is 25.1 Å². The van der Waals surface area contributed by atoms with E-state index in [2.05, 4.69) is 6.42 Å². The van der Waals surface area contributed by atoms with Gasteiger partial charge in [0.1, 0.15) is 18.3 Å². The fraction of sp³-hybridized carbons (Fsp3) is 0.591. The summed E-state index contributed by atoms with van der Waals surface area (Å²) in [7, 11) is -2.66. The molecule has 0 saturated carbocycles. The fourth-order valence-corrected chi connectivity index (χ4v) is 5.05. The highest BCUT2D eigenvalue weighted by Crippen LogP contribution is 2.29. The second kappa shape index (κ2) is 11.2. The zero-order valence-electron chi connectivity index (χ0n) is 18.9. The Morgan fingerprint density at radius 2 is 1.88 bits per heavy atom. The van der Waals surface area contributed by atoms with Gasteiger partial charge in [0.15, 0.2) is 0 Å². The third kappa shape index (κ3) is 6.50. The van der Waals surface area contributed by atoms with Crippen molar-refractivity contribution in [1.82, 2.24) is 9.21 Å². The highest BCUT2D eigenvalue weighted by molar-refractivity contribution is 7.89.